The first kappa shape index (κ1) is 20.5. The topological polar surface area (TPSA) is 26.0 Å². The van der Waals surface area contributed by atoms with E-state index < -0.39 is 0 Å². The maximum absolute atomic E-state index is 6.49. The molecule has 0 amide bonds. The normalized spacial score (nSPS) is 12.7. The summed E-state index contributed by atoms with van der Waals surface area (Å²) in [6.45, 7) is 11.1. The van der Waals surface area contributed by atoms with Crippen molar-refractivity contribution in [3.05, 3.63) is 89.6 Å². The molecule has 1 atom stereocenters. The molecule has 0 saturated heterocycles. The third kappa shape index (κ3) is 3.40. The molecule has 0 saturated carbocycles. The van der Waals surface area contributed by atoms with Crippen LogP contribution in [0.2, 0.25) is 0 Å². The van der Waals surface area contributed by atoms with E-state index in [-0.39, 0.29) is 0 Å². The number of aromatic nitrogens is 1. The molecule has 0 aliphatic rings. The molecular weight excluding hydrogens is 390 g/mol. The van der Waals surface area contributed by atoms with E-state index in [4.69, 9.17) is 9.40 Å². The first-order valence-corrected chi connectivity index (χ1v) is 11.4. The molecule has 160 valence electrons. The summed E-state index contributed by atoms with van der Waals surface area (Å²) in [7, 11) is 0. The second kappa shape index (κ2) is 7.94. The number of fused-ring (bicyclic) bond motifs is 3. The lowest BCUT2D eigenvalue weighted by atomic mass is 9.90. The van der Waals surface area contributed by atoms with Crippen molar-refractivity contribution >= 4 is 21.9 Å². The Kier molecular flexibility index (Phi) is 5.09. The Balaban J connectivity index is 1.68. The fourth-order valence-electron chi connectivity index (χ4n) is 4.69. The SMILES string of the molecule is Cc1cccc(C)c1-c1ccc2c(c1)oc1c(-c3cc(C(C)C(C)C)ccn3)cccc12. The van der Waals surface area contributed by atoms with Crippen molar-refractivity contribution in [2.75, 3.05) is 0 Å². The van der Waals surface area contributed by atoms with E-state index in [1.165, 1.54) is 27.8 Å². The highest BCUT2D eigenvalue weighted by atomic mass is 16.3. The van der Waals surface area contributed by atoms with Crippen LogP contribution in [0.3, 0.4) is 0 Å². The highest BCUT2D eigenvalue weighted by Crippen LogP contribution is 2.38. The molecule has 1 unspecified atom stereocenters. The van der Waals surface area contributed by atoms with E-state index in [1.807, 2.05) is 6.20 Å². The molecule has 32 heavy (non-hydrogen) atoms. The molecule has 2 heteroatoms. The van der Waals surface area contributed by atoms with Crippen molar-refractivity contribution in [2.45, 2.75) is 40.5 Å². The van der Waals surface area contributed by atoms with Gasteiger partial charge in [0.1, 0.15) is 11.2 Å². The molecule has 0 bridgehead atoms. The number of nitrogens with zero attached hydrogens (tertiary/aromatic N) is 1. The molecule has 0 spiro atoms. The summed E-state index contributed by atoms with van der Waals surface area (Å²) in [6, 6.07) is 23.7. The van der Waals surface area contributed by atoms with Gasteiger partial charge < -0.3 is 4.42 Å². The van der Waals surface area contributed by atoms with Gasteiger partial charge in [0, 0.05) is 22.5 Å². The maximum Gasteiger partial charge on any atom is 0.144 e. The van der Waals surface area contributed by atoms with Crippen LogP contribution < -0.4 is 0 Å². The van der Waals surface area contributed by atoms with Gasteiger partial charge in [0.05, 0.1) is 5.69 Å². The Morgan fingerprint density at radius 3 is 2.28 bits per heavy atom. The fraction of sp³-hybridized carbons (Fsp3) is 0.233. The fourth-order valence-corrected chi connectivity index (χ4v) is 4.69. The van der Waals surface area contributed by atoms with E-state index in [0.29, 0.717) is 11.8 Å². The van der Waals surface area contributed by atoms with E-state index in [1.54, 1.807) is 0 Å². The van der Waals surface area contributed by atoms with Crippen molar-refractivity contribution in [3.8, 4) is 22.4 Å². The molecule has 5 rings (SSSR count). The number of aryl methyl sites for hydroxylation is 2. The van der Waals surface area contributed by atoms with Crippen molar-refractivity contribution in [2.24, 2.45) is 5.92 Å². The molecule has 3 aromatic carbocycles. The van der Waals surface area contributed by atoms with Crippen LogP contribution >= 0.6 is 0 Å². The molecule has 0 N–H and O–H groups in total. The Morgan fingerprint density at radius 1 is 0.781 bits per heavy atom. The van der Waals surface area contributed by atoms with Crippen LogP contribution in [0, 0.1) is 19.8 Å². The number of hydrogen-bond acceptors (Lipinski definition) is 2. The van der Waals surface area contributed by atoms with Gasteiger partial charge in [0.25, 0.3) is 0 Å². The largest absolute Gasteiger partial charge is 0.455 e. The van der Waals surface area contributed by atoms with Crippen LogP contribution in [0.4, 0.5) is 0 Å². The number of pyridine rings is 1. The Hall–Kier alpha value is -3.39. The molecule has 2 aromatic heterocycles. The lowest BCUT2D eigenvalue weighted by molar-refractivity contribution is 0.535. The quantitative estimate of drug-likeness (QED) is 0.291. The highest BCUT2D eigenvalue weighted by molar-refractivity contribution is 6.10. The number of rotatable bonds is 4. The molecule has 0 aliphatic carbocycles. The molecule has 0 aliphatic heterocycles. The number of benzene rings is 3. The van der Waals surface area contributed by atoms with Gasteiger partial charge >= 0.3 is 0 Å². The third-order valence-corrected chi connectivity index (χ3v) is 6.85. The van der Waals surface area contributed by atoms with Gasteiger partial charge in [0.2, 0.25) is 0 Å². The summed E-state index contributed by atoms with van der Waals surface area (Å²) in [6.07, 6.45) is 1.92. The van der Waals surface area contributed by atoms with Crippen LogP contribution in [0.25, 0.3) is 44.3 Å². The van der Waals surface area contributed by atoms with Gasteiger partial charge in [-0.05, 0) is 83.8 Å². The minimum atomic E-state index is 0.478. The van der Waals surface area contributed by atoms with Crippen LogP contribution in [-0.4, -0.2) is 4.98 Å². The predicted molar refractivity (Wildman–Crippen MR) is 135 cm³/mol. The van der Waals surface area contributed by atoms with Gasteiger partial charge in [-0.2, -0.15) is 0 Å². The monoisotopic (exact) mass is 419 g/mol. The molecule has 0 fully saturated rings. The van der Waals surface area contributed by atoms with Crippen LogP contribution in [0.5, 0.6) is 0 Å². The lowest BCUT2D eigenvalue weighted by Crippen LogP contribution is -2.02. The lowest BCUT2D eigenvalue weighted by Gasteiger charge is -2.16. The van der Waals surface area contributed by atoms with Gasteiger partial charge in [-0.3, -0.25) is 4.98 Å². The average molecular weight is 420 g/mol. The Labute approximate surface area is 189 Å². The van der Waals surface area contributed by atoms with Crippen molar-refractivity contribution < 1.29 is 4.42 Å². The van der Waals surface area contributed by atoms with Gasteiger partial charge in [-0.1, -0.05) is 57.2 Å². The van der Waals surface area contributed by atoms with E-state index in [2.05, 4.69) is 101 Å². The Bertz CT molecular complexity index is 1420. The summed E-state index contributed by atoms with van der Waals surface area (Å²) in [5.41, 5.74) is 10.2. The second-order valence-electron chi connectivity index (χ2n) is 9.27. The van der Waals surface area contributed by atoms with Crippen molar-refractivity contribution in [1.82, 2.24) is 4.98 Å². The van der Waals surface area contributed by atoms with Gasteiger partial charge in [-0.15, -0.1) is 0 Å². The van der Waals surface area contributed by atoms with E-state index in [0.717, 1.165) is 33.2 Å². The number of para-hydroxylation sites is 1. The number of furan rings is 1. The van der Waals surface area contributed by atoms with Gasteiger partial charge in [-0.25, -0.2) is 0 Å². The zero-order valence-corrected chi connectivity index (χ0v) is 19.4. The second-order valence-corrected chi connectivity index (χ2v) is 9.27. The van der Waals surface area contributed by atoms with Crippen molar-refractivity contribution in [3.63, 3.8) is 0 Å². The maximum atomic E-state index is 6.49. The van der Waals surface area contributed by atoms with Crippen LogP contribution in [-0.2, 0) is 0 Å². The van der Waals surface area contributed by atoms with E-state index in [9.17, 15) is 0 Å². The van der Waals surface area contributed by atoms with E-state index >= 15 is 0 Å². The summed E-state index contributed by atoms with van der Waals surface area (Å²) in [4.78, 5) is 4.70. The number of hydrogen-bond donors (Lipinski definition) is 0. The Morgan fingerprint density at radius 2 is 1.53 bits per heavy atom. The van der Waals surface area contributed by atoms with Crippen molar-refractivity contribution in [1.29, 1.82) is 0 Å². The zero-order chi connectivity index (χ0) is 22.4. The first-order chi connectivity index (χ1) is 15.4. The smallest absolute Gasteiger partial charge is 0.144 e. The first-order valence-electron chi connectivity index (χ1n) is 11.4. The standard InChI is InChI=1S/C30H29NO/c1-18(2)21(5)22-14-15-31-27(16-22)26-11-7-10-25-24-13-12-23(17-28(24)32-30(25)26)29-19(3)8-6-9-20(29)4/h6-18,21H,1-5H3. The van der Waals surface area contributed by atoms with Crippen LogP contribution in [0.15, 0.2) is 77.3 Å². The summed E-state index contributed by atoms with van der Waals surface area (Å²) >= 11 is 0. The predicted octanol–water partition coefficient (Wildman–Crippen LogP) is 8.69. The molecular formula is C30H29NO. The molecule has 0 radical (unpaired) electrons. The van der Waals surface area contributed by atoms with Gasteiger partial charge in [0.15, 0.2) is 0 Å². The minimum Gasteiger partial charge on any atom is -0.455 e. The molecule has 2 heterocycles. The third-order valence-electron chi connectivity index (χ3n) is 6.85. The zero-order valence-electron chi connectivity index (χ0n) is 19.4. The van der Waals surface area contributed by atoms with Crippen LogP contribution in [0.1, 0.15) is 43.4 Å². The minimum absolute atomic E-state index is 0.478. The summed E-state index contributed by atoms with van der Waals surface area (Å²) < 4.78 is 6.49. The summed E-state index contributed by atoms with van der Waals surface area (Å²) in [5, 5.41) is 2.28. The summed E-state index contributed by atoms with van der Waals surface area (Å²) in [5.74, 6) is 1.06. The average Bonchev–Trinajstić information content (AvgIpc) is 3.16. The molecule has 2 nitrogen and oxygen atoms in total. The highest BCUT2D eigenvalue weighted by Gasteiger charge is 2.16. The molecule has 5 aromatic rings.